The van der Waals surface area contributed by atoms with Crippen molar-refractivity contribution in [3.63, 3.8) is 0 Å². The molecule has 0 atom stereocenters. The summed E-state index contributed by atoms with van der Waals surface area (Å²) in [5.41, 5.74) is 2.12. The molecule has 0 aromatic heterocycles. The number of carbonyl (C=O) groups is 2. The number of methoxy groups -OCH3 is 2. The molecule has 150 valence electrons. The summed E-state index contributed by atoms with van der Waals surface area (Å²) in [4.78, 5) is 24.0. The molecule has 0 aliphatic heterocycles. The summed E-state index contributed by atoms with van der Waals surface area (Å²) in [6.45, 7) is 2.01. The van der Waals surface area contributed by atoms with Crippen LogP contribution in [0.4, 0.5) is 5.69 Å². The molecule has 0 aliphatic rings. The lowest BCUT2D eigenvalue weighted by Gasteiger charge is -2.13. The molecule has 1 N–H and O–H groups in total. The second-order valence-electron chi connectivity index (χ2n) is 6.24. The van der Waals surface area contributed by atoms with E-state index in [9.17, 15) is 9.59 Å². The molecule has 0 heterocycles. The summed E-state index contributed by atoms with van der Waals surface area (Å²) >= 11 is 0. The average Bonchev–Trinajstić information content (AvgIpc) is 2.74. The molecule has 0 radical (unpaired) electrons. The maximum Gasteiger partial charge on any atom is 0.340 e. The van der Waals surface area contributed by atoms with Crippen molar-refractivity contribution in [3.05, 3.63) is 65.2 Å². The number of esters is 2. The zero-order valence-corrected chi connectivity index (χ0v) is 16.4. The molecule has 6 heteroatoms. The Labute approximate surface area is 165 Å². The predicted octanol–water partition coefficient (Wildman–Crippen LogP) is 4.06. The Balaban J connectivity index is 1.76. The van der Waals surface area contributed by atoms with Gasteiger partial charge in [-0.05, 0) is 37.0 Å². The Bertz CT molecular complexity index is 761. The standard InChI is InChI=1S/C22H27NO5/c1-26-21(24)18-12-9-13-19(20(18)22(25)27-2)23-14-7-4-8-15-28-16-17-10-5-3-6-11-17/h3,5-6,9-13,23H,4,7-8,14-16H2,1-2H3. The lowest BCUT2D eigenvalue weighted by molar-refractivity contribution is 0.0556. The average molecular weight is 385 g/mol. The van der Waals surface area contributed by atoms with E-state index in [1.165, 1.54) is 19.8 Å². The third-order valence-electron chi connectivity index (χ3n) is 4.25. The Morgan fingerprint density at radius 2 is 1.61 bits per heavy atom. The minimum atomic E-state index is -0.571. The molecule has 6 nitrogen and oxygen atoms in total. The zero-order valence-electron chi connectivity index (χ0n) is 16.4. The summed E-state index contributed by atoms with van der Waals surface area (Å²) < 4.78 is 15.2. The van der Waals surface area contributed by atoms with Crippen LogP contribution in [0.1, 0.15) is 45.5 Å². The van der Waals surface area contributed by atoms with Gasteiger partial charge in [-0.25, -0.2) is 9.59 Å². The molecule has 0 aliphatic carbocycles. The predicted molar refractivity (Wildman–Crippen MR) is 108 cm³/mol. The van der Waals surface area contributed by atoms with Gasteiger partial charge in [0, 0.05) is 18.8 Å². The van der Waals surface area contributed by atoms with Crippen molar-refractivity contribution in [1.82, 2.24) is 0 Å². The molecule has 2 aromatic carbocycles. The van der Waals surface area contributed by atoms with Crippen LogP contribution in [0.3, 0.4) is 0 Å². The summed E-state index contributed by atoms with van der Waals surface area (Å²) in [6, 6.07) is 15.1. The molecule has 2 aromatic rings. The van der Waals surface area contributed by atoms with Gasteiger partial charge >= 0.3 is 11.9 Å². The Hall–Kier alpha value is -2.86. The highest BCUT2D eigenvalue weighted by atomic mass is 16.5. The van der Waals surface area contributed by atoms with Gasteiger partial charge in [0.1, 0.15) is 0 Å². The number of hydrogen-bond donors (Lipinski definition) is 1. The quantitative estimate of drug-likeness (QED) is 0.464. The van der Waals surface area contributed by atoms with Crippen LogP contribution in [0.15, 0.2) is 48.5 Å². The monoisotopic (exact) mass is 385 g/mol. The van der Waals surface area contributed by atoms with Gasteiger partial charge in [-0.15, -0.1) is 0 Å². The Morgan fingerprint density at radius 1 is 0.857 bits per heavy atom. The van der Waals surface area contributed by atoms with E-state index < -0.39 is 11.9 Å². The van der Waals surface area contributed by atoms with E-state index in [0.717, 1.165) is 19.3 Å². The van der Waals surface area contributed by atoms with Crippen LogP contribution in [0.25, 0.3) is 0 Å². The normalized spacial score (nSPS) is 10.4. The first kappa shape index (κ1) is 21.4. The van der Waals surface area contributed by atoms with Gasteiger partial charge in [0.05, 0.1) is 32.0 Å². The maximum atomic E-state index is 12.1. The van der Waals surface area contributed by atoms with Crippen molar-refractivity contribution in [3.8, 4) is 0 Å². The fourth-order valence-corrected chi connectivity index (χ4v) is 2.79. The molecule has 0 amide bonds. The Kier molecular flexibility index (Phi) is 9.01. The van der Waals surface area contributed by atoms with Crippen molar-refractivity contribution in [2.24, 2.45) is 0 Å². The molecule has 28 heavy (non-hydrogen) atoms. The molecule has 0 unspecified atom stereocenters. The number of ether oxygens (including phenoxy) is 3. The van der Waals surface area contributed by atoms with Gasteiger partial charge in [-0.3, -0.25) is 0 Å². The van der Waals surface area contributed by atoms with Gasteiger partial charge in [-0.1, -0.05) is 36.4 Å². The number of nitrogens with one attached hydrogen (secondary N) is 1. The first-order chi connectivity index (χ1) is 13.7. The molecular weight excluding hydrogens is 358 g/mol. The highest BCUT2D eigenvalue weighted by molar-refractivity contribution is 6.07. The van der Waals surface area contributed by atoms with Crippen molar-refractivity contribution in [2.75, 3.05) is 32.7 Å². The Morgan fingerprint density at radius 3 is 2.32 bits per heavy atom. The van der Waals surface area contributed by atoms with E-state index in [4.69, 9.17) is 14.2 Å². The topological polar surface area (TPSA) is 73.9 Å². The van der Waals surface area contributed by atoms with Gasteiger partial charge in [0.15, 0.2) is 0 Å². The fourth-order valence-electron chi connectivity index (χ4n) is 2.79. The second kappa shape index (κ2) is 11.8. The minimum absolute atomic E-state index is 0.189. The van der Waals surface area contributed by atoms with E-state index in [-0.39, 0.29) is 11.1 Å². The van der Waals surface area contributed by atoms with Crippen LogP contribution in [-0.2, 0) is 20.8 Å². The van der Waals surface area contributed by atoms with E-state index >= 15 is 0 Å². The lowest BCUT2D eigenvalue weighted by atomic mass is 10.0. The fraction of sp³-hybridized carbons (Fsp3) is 0.364. The summed E-state index contributed by atoms with van der Waals surface area (Å²) in [5.74, 6) is -1.14. The first-order valence-electron chi connectivity index (χ1n) is 9.32. The van der Waals surface area contributed by atoms with Crippen molar-refractivity contribution >= 4 is 17.6 Å². The molecule has 0 saturated carbocycles. The second-order valence-corrected chi connectivity index (χ2v) is 6.24. The van der Waals surface area contributed by atoms with E-state index in [0.29, 0.717) is 25.4 Å². The lowest BCUT2D eigenvalue weighted by Crippen LogP contribution is -2.15. The number of rotatable bonds is 11. The molecule has 0 fully saturated rings. The van der Waals surface area contributed by atoms with Crippen LogP contribution in [0.2, 0.25) is 0 Å². The minimum Gasteiger partial charge on any atom is -0.465 e. The van der Waals surface area contributed by atoms with E-state index in [2.05, 4.69) is 5.32 Å². The third-order valence-corrected chi connectivity index (χ3v) is 4.25. The van der Waals surface area contributed by atoms with E-state index in [1.807, 2.05) is 30.3 Å². The number of hydrogen-bond acceptors (Lipinski definition) is 6. The van der Waals surface area contributed by atoms with Crippen LogP contribution in [0, 0.1) is 0 Å². The van der Waals surface area contributed by atoms with Crippen LogP contribution < -0.4 is 5.32 Å². The number of anilines is 1. The zero-order chi connectivity index (χ0) is 20.2. The van der Waals surface area contributed by atoms with Crippen LogP contribution >= 0.6 is 0 Å². The number of carbonyl (C=O) groups excluding carboxylic acids is 2. The largest absolute Gasteiger partial charge is 0.465 e. The number of unbranched alkanes of at least 4 members (excludes halogenated alkanes) is 2. The van der Waals surface area contributed by atoms with Gasteiger partial charge < -0.3 is 19.5 Å². The van der Waals surface area contributed by atoms with Crippen molar-refractivity contribution < 1.29 is 23.8 Å². The molecular formula is C22H27NO5. The summed E-state index contributed by atoms with van der Waals surface area (Å²) in [5, 5.41) is 3.22. The van der Waals surface area contributed by atoms with Crippen LogP contribution in [0.5, 0.6) is 0 Å². The van der Waals surface area contributed by atoms with Gasteiger partial charge in [-0.2, -0.15) is 0 Å². The van der Waals surface area contributed by atoms with Crippen molar-refractivity contribution in [1.29, 1.82) is 0 Å². The molecule has 0 spiro atoms. The van der Waals surface area contributed by atoms with Gasteiger partial charge in [0.2, 0.25) is 0 Å². The van der Waals surface area contributed by atoms with E-state index in [1.54, 1.807) is 18.2 Å². The number of benzene rings is 2. The maximum absolute atomic E-state index is 12.1. The smallest absolute Gasteiger partial charge is 0.340 e. The molecule has 2 rings (SSSR count). The highest BCUT2D eigenvalue weighted by Gasteiger charge is 2.21. The summed E-state index contributed by atoms with van der Waals surface area (Å²) in [6.07, 6.45) is 2.87. The van der Waals surface area contributed by atoms with Crippen molar-refractivity contribution in [2.45, 2.75) is 25.9 Å². The summed E-state index contributed by atoms with van der Waals surface area (Å²) in [7, 11) is 2.57. The third kappa shape index (κ3) is 6.39. The SMILES string of the molecule is COC(=O)c1cccc(NCCCCCOCc2ccccc2)c1C(=O)OC. The molecule has 0 saturated heterocycles. The molecule has 0 bridgehead atoms. The highest BCUT2D eigenvalue weighted by Crippen LogP contribution is 2.22. The van der Waals surface area contributed by atoms with Gasteiger partial charge in [0.25, 0.3) is 0 Å². The van der Waals surface area contributed by atoms with Crippen LogP contribution in [-0.4, -0.2) is 39.3 Å². The first-order valence-corrected chi connectivity index (χ1v) is 9.32.